The molecule has 2 heterocycles. The van der Waals surface area contributed by atoms with Gasteiger partial charge in [-0.1, -0.05) is 0 Å². The highest BCUT2D eigenvalue weighted by molar-refractivity contribution is 5.48. The van der Waals surface area contributed by atoms with Crippen LogP contribution in [0.4, 0.5) is 11.6 Å². The summed E-state index contributed by atoms with van der Waals surface area (Å²) in [6, 6.07) is 7.72. The Labute approximate surface area is 137 Å². The molecular weight excluding hydrogens is 288 g/mol. The van der Waals surface area contributed by atoms with Gasteiger partial charge < -0.3 is 10.2 Å². The second-order valence-corrected chi connectivity index (χ2v) is 5.12. The van der Waals surface area contributed by atoms with Gasteiger partial charge in [-0.25, -0.2) is 9.97 Å². The molecular formula is C17H20N6. The van der Waals surface area contributed by atoms with Gasteiger partial charge in [-0.3, -0.25) is 0 Å². The molecule has 23 heavy (non-hydrogen) atoms. The van der Waals surface area contributed by atoms with Crippen LogP contribution in [-0.2, 0) is 0 Å². The monoisotopic (exact) mass is 308 g/mol. The van der Waals surface area contributed by atoms with E-state index in [1.807, 2.05) is 45.0 Å². The lowest BCUT2D eigenvalue weighted by molar-refractivity contribution is 1.05. The first-order valence-corrected chi connectivity index (χ1v) is 7.01. The molecule has 0 atom stereocenters. The van der Waals surface area contributed by atoms with Crippen LogP contribution in [0.5, 0.6) is 0 Å². The molecule has 0 aliphatic carbocycles. The average molecular weight is 308 g/mol. The van der Waals surface area contributed by atoms with Gasteiger partial charge in [0.15, 0.2) is 0 Å². The van der Waals surface area contributed by atoms with E-state index in [0.717, 1.165) is 22.8 Å². The highest BCUT2D eigenvalue weighted by Crippen LogP contribution is 2.14. The lowest BCUT2D eigenvalue weighted by atomic mass is 10.2. The number of hydrogen-bond donors (Lipinski definition) is 1. The molecule has 0 saturated carbocycles. The van der Waals surface area contributed by atoms with Crippen LogP contribution in [0.1, 0.15) is 22.3 Å². The Hall–Kier alpha value is -3.12. The first-order chi connectivity index (χ1) is 10.9. The molecule has 0 spiro atoms. The fourth-order valence-electron chi connectivity index (χ4n) is 1.99. The predicted octanol–water partition coefficient (Wildman–Crippen LogP) is 2.63. The Bertz CT molecular complexity index is 753. The average Bonchev–Trinajstić information content (AvgIpc) is 2.54. The molecule has 0 fully saturated rings. The minimum Gasteiger partial charge on any atom is -0.373 e. The van der Waals surface area contributed by atoms with Crippen LogP contribution in [0.3, 0.4) is 0 Å². The molecule has 0 unspecified atom stereocenters. The number of aryl methyl sites for hydroxylation is 2. The molecule has 0 aliphatic rings. The second-order valence-electron chi connectivity index (χ2n) is 5.12. The highest BCUT2D eigenvalue weighted by atomic mass is 15.1. The Morgan fingerprint density at radius 2 is 1.48 bits per heavy atom. The summed E-state index contributed by atoms with van der Waals surface area (Å²) in [5.41, 5.74) is 3.23. The van der Waals surface area contributed by atoms with Crippen molar-refractivity contribution in [3.63, 3.8) is 0 Å². The van der Waals surface area contributed by atoms with Crippen molar-refractivity contribution in [1.82, 2.24) is 9.97 Å². The minimum atomic E-state index is 0.599. The molecule has 0 bridgehead atoms. The van der Waals surface area contributed by atoms with Crippen molar-refractivity contribution in [3.8, 4) is 12.1 Å². The van der Waals surface area contributed by atoms with Crippen LogP contribution in [0, 0.1) is 36.5 Å². The molecule has 6 heteroatoms. The SMILES string of the molecule is CNc1ncc(C#N)cc1C.Cc1cc(C#N)cnc1N(C)C. The van der Waals surface area contributed by atoms with Gasteiger partial charge in [0.1, 0.15) is 23.8 Å². The predicted molar refractivity (Wildman–Crippen MR) is 91.3 cm³/mol. The number of anilines is 2. The Balaban J connectivity index is 0.000000231. The maximum atomic E-state index is 8.59. The summed E-state index contributed by atoms with van der Waals surface area (Å²) in [6.45, 7) is 3.86. The number of nitrogens with one attached hydrogen (secondary N) is 1. The molecule has 0 saturated heterocycles. The van der Waals surface area contributed by atoms with Crippen LogP contribution >= 0.6 is 0 Å². The van der Waals surface area contributed by atoms with Gasteiger partial charge in [0.05, 0.1) is 11.1 Å². The van der Waals surface area contributed by atoms with E-state index < -0.39 is 0 Å². The van der Waals surface area contributed by atoms with Crippen LogP contribution in [0.2, 0.25) is 0 Å². The number of nitrogens with zero attached hydrogens (tertiary/aromatic N) is 5. The van der Waals surface area contributed by atoms with Gasteiger partial charge in [0, 0.05) is 33.5 Å². The summed E-state index contributed by atoms with van der Waals surface area (Å²) in [7, 11) is 5.67. The first-order valence-electron chi connectivity index (χ1n) is 7.01. The summed E-state index contributed by atoms with van der Waals surface area (Å²) in [4.78, 5) is 10.1. The number of nitriles is 2. The smallest absolute Gasteiger partial charge is 0.130 e. The Morgan fingerprint density at radius 1 is 0.957 bits per heavy atom. The highest BCUT2D eigenvalue weighted by Gasteiger charge is 2.02. The van der Waals surface area contributed by atoms with Gasteiger partial charge in [0.2, 0.25) is 0 Å². The van der Waals surface area contributed by atoms with E-state index in [2.05, 4.69) is 21.4 Å². The van der Waals surface area contributed by atoms with Gasteiger partial charge in [-0.15, -0.1) is 0 Å². The lowest BCUT2D eigenvalue weighted by Gasteiger charge is -2.13. The number of rotatable bonds is 2. The van der Waals surface area contributed by atoms with Crippen LogP contribution in [-0.4, -0.2) is 31.1 Å². The standard InChI is InChI=1S/C9H11N3.C8H9N3/c1-7-4-8(5-10)6-11-9(7)12(2)3;1-6-3-7(4-9)5-11-8(6)10-2/h4,6H,1-3H3;3,5H,1-2H3,(H,10,11). The van der Waals surface area contributed by atoms with E-state index in [9.17, 15) is 0 Å². The summed E-state index contributed by atoms with van der Waals surface area (Å²) in [6.07, 6.45) is 3.14. The Kier molecular flexibility index (Phi) is 6.51. The van der Waals surface area contributed by atoms with E-state index in [1.165, 1.54) is 0 Å². The van der Waals surface area contributed by atoms with Crippen molar-refractivity contribution >= 4 is 11.6 Å². The fourth-order valence-corrected chi connectivity index (χ4v) is 1.99. The molecule has 0 amide bonds. The molecule has 2 aromatic heterocycles. The molecule has 6 nitrogen and oxygen atoms in total. The van der Waals surface area contributed by atoms with Crippen molar-refractivity contribution in [2.24, 2.45) is 0 Å². The van der Waals surface area contributed by atoms with E-state index in [1.54, 1.807) is 25.5 Å². The first kappa shape index (κ1) is 17.9. The summed E-state index contributed by atoms with van der Waals surface area (Å²) in [5.74, 6) is 1.73. The number of hydrogen-bond acceptors (Lipinski definition) is 6. The van der Waals surface area contributed by atoms with Gasteiger partial charge in [0.25, 0.3) is 0 Å². The Morgan fingerprint density at radius 3 is 1.87 bits per heavy atom. The van der Waals surface area contributed by atoms with Gasteiger partial charge >= 0.3 is 0 Å². The van der Waals surface area contributed by atoms with Crippen LogP contribution in [0.25, 0.3) is 0 Å². The van der Waals surface area contributed by atoms with Crippen molar-refractivity contribution in [2.75, 3.05) is 31.4 Å². The molecule has 1 N–H and O–H groups in total. The zero-order valence-electron chi connectivity index (χ0n) is 14.0. The summed E-state index contributed by atoms with van der Waals surface area (Å²) in [5, 5.41) is 20.0. The van der Waals surface area contributed by atoms with Crippen molar-refractivity contribution < 1.29 is 0 Å². The summed E-state index contributed by atoms with van der Waals surface area (Å²) >= 11 is 0. The molecule has 0 radical (unpaired) electrons. The molecule has 0 aliphatic heterocycles. The molecule has 2 aromatic rings. The lowest BCUT2D eigenvalue weighted by Crippen LogP contribution is -2.12. The fraction of sp³-hybridized carbons (Fsp3) is 0.294. The molecule has 2 rings (SSSR count). The normalized spacial score (nSPS) is 9.00. The van der Waals surface area contributed by atoms with Crippen LogP contribution < -0.4 is 10.2 Å². The van der Waals surface area contributed by atoms with Crippen LogP contribution in [0.15, 0.2) is 24.5 Å². The zero-order valence-corrected chi connectivity index (χ0v) is 14.0. The van der Waals surface area contributed by atoms with Gasteiger partial charge in [-0.2, -0.15) is 10.5 Å². The van der Waals surface area contributed by atoms with E-state index >= 15 is 0 Å². The number of aromatic nitrogens is 2. The van der Waals surface area contributed by atoms with Crippen molar-refractivity contribution in [3.05, 3.63) is 46.8 Å². The van der Waals surface area contributed by atoms with E-state index in [-0.39, 0.29) is 0 Å². The molecule has 118 valence electrons. The molecule has 0 aromatic carbocycles. The topological polar surface area (TPSA) is 88.6 Å². The minimum absolute atomic E-state index is 0.599. The van der Waals surface area contributed by atoms with Gasteiger partial charge in [-0.05, 0) is 37.1 Å². The third-order valence-electron chi connectivity index (χ3n) is 3.05. The van der Waals surface area contributed by atoms with Crippen molar-refractivity contribution in [2.45, 2.75) is 13.8 Å². The zero-order chi connectivity index (χ0) is 17.4. The van der Waals surface area contributed by atoms with E-state index in [4.69, 9.17) is 10.5 Å². The quantitative estimate of drug-likeness (QED) is 0.917. The summed E-state index contributed by atoms with van der Waals surface area (Å²) < 4.78 is 0. The maximum Gasteiger partial charge on any atom is 0.130 e. The number of pyridine rings is 2. The van der Waals surface area contributed by atoms with Crippen molar-refractivity contribution in [1.29, 1.82) is 10.5 Å². The third kappa shape index (κ3) is 4.98. The third-order valence-corrected chi connectivity index (χ3v) is 3.05. The second kappa shape index (κ2) is 8.35. The largest absolute Gasteiger partial charge is 0.373 e. The van der Waals surface area contributed by atoms with E-state index in [0.29, 0.717) is 11.1 Å². The maximum absolute atomic E-state index is 8.59.